The summed E-state index contributed by atoms with van der Waals surface area (Å²) in [5.41, 5.74) is -0.503. The monoisotopic (exact) mass is 419 g/mol. The van der Waals surface area contributed by atoms with Crippen molar-refractivity contribution in [2.75, 3.05) is 11.9 Å². The SMILES string of the molecule is Cc1sc(NC(=O)C(C)(C)C)c(C(=O)OCC(=O)NC2(C#N)CCCCC2)c1C. The molecule has 2 amide bonds. The average Bonchev–Trinajstić information content (AvgIpc) is 2.93. The van der Waals surface area contributed by atoms with Crippen LogP contribution >= 0.6 is 11.3 Å². The van der Waals surface area contributed by atoms with E-state index in [1.165, 1.54) is 11.3 Å². The number of nitrogens with one attached hydrogen (secondary N) is 2. The first-order chi connectivity index (χ1) is 13.5. The Morgan fingerprint density at radius 2 is 1.79 bits per heavy atom. The number of amides is 2. The van der Waals surface area contributed by atoms with Crippen LogP contribution in [0.25, 0.3) is 0 Å². The topological polar surface area (TPSA) is 108 Å². The fourth-order valence-electron chi connectivity index (χ4n) is 3.18. The van der Waals surface area contributed by atoms with E-state index in [1.54, 1.807) is 27.7 Å². The van der Waals surface area contributed by atoms with Gasteiger partial charge in [0.25, 0.3) is 5.91 Å². The molecule has 1 aromatic rings. The summed E-state index contributed by atoms with van der Waals surface area (Å²) in [5, 5.41) is 15.4. The molecule has 7 nitrogen and oxygen atoms in total. The van der Waals surface area contributed by atoms with Gasteiger partial charge in [0.05, 0.1) is 11.6 Å². The van der Waals surface area contributed by atoms with E-state index in [0.717, 1.165) is 24.1 Å². The molecule has 1 aliphatic carbocycles. The largest absolute Gasteiger partial charge is 0.452 e. The molecule has 1 aromatic heterocycles. The maximum Gasteiger partial charge on any atom is 0.341 e. The summed E-state index contributed by atoms with van der Waals surface area (Å²) < 4.78 is 5.22. The van der Waals surface area contributed by atoms with Crippen LogP contribution in [0, 0.1) is 30.6 Å². The molecule has 0 unspecified atom stereocenters. The molecule has 1 fully saturated rings. The van der Waals surface area contributed by atoms with Crippen LogP contribution in [0.4, 0.5) is 5.00 Å². The first-order valence-corrected chi connectivity index (χ1v) is 10.6. The van der Waals surface area contributed by atoms with Gasteiger partial charge in [-0.15, -0.1) is 11.3 Å². The van der Waals surface area contributed by atoms with Crippen molar-refractivity contribution in [1.29, 1.82) is 5.26 Å². The molecule has 29 heavy (non-hydrogen) atoms. The van der Waals surface area contributed by atoms with Crippen LogP contribution in [0.1, 0.15) is 73.7 Å². The lowest BCUT2D eigenvalue weighted by atomic mass is 9.83. The summed E-state index contributed by atoms with van der Waals surface area (Å²) in [6.45, 7) is 8.53. The minimum Gasteiger partial charge on any atom is -0.452 e. The minimum absolute atomic E-state index is 0.209. The number of esters is 1. The van der Waals surface area contributed by atoms with Gasteiger partial charge in [-0.3, -0.25) is 9.59 Å². The van der Waals surface area contributed by atoms with Crippen LogP contribution in [0.2, 0.25) is 0 Å². The fraction of sp³-hybridized carbons (Fsp3) is 0.619. The van der Waals surface area contributed by atoms with Crippen molar-refractivity contribution in [3.8, 4) is 6.07 Å². The van der Waals surface area contributed by atoms with Gasteiger partial charge in [-0.2, -0.15) is 5.26 Å². The van der Waals surface area contributed by atoms with Crippen LogP contribution in [-0.4, -0.2) is 29.9 Å². The number of nitrogens with zero attached hydrogens (tertiary/aromatic N) is 1. The number of rotatable bonds is 5. The van der Waals surface area contributed by atoms with E-state index in [9.17, 15) is 19.6 Å². The Morgan fingerprint density at radius 1 is 1.17 bits per heavy atom. The van der Waals surface area contributed by atoms with Gasteiger partial charge in [-0.1, -0.05) is 40.0 Å². The van der Waals surface area contributed by atoms with Gasteiger partial charge in [-0.25, -0.2) is 4.79 Å². The van der Waals surface area contributed by atoms with Gasteiger partial charge in [0.2, 0.25) is 5.91 Å². The highest BCUT2D eigenvalue weighted by molar-refractivity contribution is 7.16. The van der Waals surface area contributed by atoms with Gasteiger partial charge in [0.1, 0.15) is 10.5 Å². The Hall–Kier alpha value is -2.40. The van der Waals surface area contributed by atoms with Gasteiger partial charge in [0.15, 0.2) is 6.61 Å². The Bertz CT molecular complexity index is 839. The van der Waals surface area contributed by atoms with E-state index >= 15 is 0 Å². The Balaban J connectivity index is 2.06. The van der Waals surface area contributed by atoms with Gasteiger partial charge in [0, 0.05) is 10.3 Å². The van der Waals surface area contributed by atoms with E-state index in [-0.39, 0.29) is 11.5 Å². The summed E-state index contributed by atoms with van der Waals surface area (Å²) in [7, 11) is 0. The number of ether oxygens (including phenoxy) is 1. The van der Waals surface area contributed by atoms with Crippen LogP contribution < -0.4 is 10.6 Å². The molecule has 0 aliphatic heterocycles. The Morgan fingerprint density at radius 3 is 2.34 bits per heavy atom. The van der Waals surface area contributed by atoms with E-state index < -0.39 is 29.4 Å². The first-order valence-electron chi connectivity index (χ1n) is 9.80. The molecule has 8 heteroatoms. The molecule has 0 aromatic carbocycles. The molecule has 0 atom stereocenters. The highest BCUT2D eigenvalue weighted by Crippen LogP contribution is 2.34. The van der Waals surface area contributed by atoms with Crippen molar-refractivity contribution in [2.45, 2.75) is 72.3 Å². The second-order valence-corrected chi connectivity index (χ2v) is 9.80. The predicted octanol–water partition coefficient (Wildman–Crippen LogP) is 3.85. The third-order valence-electron chi connectivity index (χ3n) is 5.13. The molecular weight excluding hydrogens is 390 g/mol. The second-order valence-electron chi connectivity index (χ2n) is 8.57. The standard InChI is InChI=1S/C21H29N3O4S/c1-13-14(2)29-17(23-19(27)20(3,4)5)16(13)18(26)28-11-15(25)24-21(12-22)9-7-6-8-10-21/h6-11H2,1-5H3,(H,23,27)(H,24,25). The minimum atomic E-state index is -0.873. The number of nitriles is 1. The maximum absolute atomic E-state index is 12.7. The summed E-state index contributed by atoms with van der Waals surface area (Å²) in [5.74, 6) is -1.37. The van der Waals surface area contributed by atoms with Gasteiger partial charge < -0.3 is 15.4 Å². The van der Waals surface area contributed by atoms with Gasteiger partial charge in [-0.05, 0) is 32.3 Å². The first kappa shape index (κ1) is 22.9. The highest BCUT2D eigenvalue weighted by Gasteiger charge is 2.34. The van der Waals surface area contributed by atoms with Crippen LogP contribution in [0.15, 0.2) is 0 Å². The van der Waals surface area contributed by atoms with E-state index in [4.69, 9.17) is 4.74 Å². The number of anilines is 1. The normalized spacial score (nSPS) is 15.9. The smallest absolute Gasteiger partial charge is 0.341 e. The predicted molar refractivity (Wildman–Crippen MR) is 112 cm³/mol. The summed E-state index contributed by atoms with van der Waals surface area (Å²) in [4.78, 5) is 38.2. The quantitative estimate of drug-likeness (QED) is 0.705. The lowest BCUT2D eigenvalue weighted by Gasteiger charge is -2.31. The molecular formula is C21H29N3O4S. The van der Waals surface area contributed by atoms with Gasteiger partial charge >= 0.3 is 5.97 Å². The molecule has 2 N–H and O–H groups in total. The van der Waals surface area contributed by atoms with Crippen molar-refractivity contribution in [1.82, 2.24) is 5.32 Å². The number of thiophene rings is 1. The third-order valence-corrected chi connectivity index (χ3v) is 6.25. The Kier molecular flexibility index (Phi) is 7.06. The highest BCUT2D eigenvalue weighted by atomic mass is 32.1. The molecule has 0 spiro atoms. The van der Waals surface area contributed by atoms with E-state index in [0.29, 0.717) is 23.4 Å². The zero-order chi connectivity index (χ0) is 21.8. The molecule has 1 heterocycles. The number of carbonyl (C=O) groups is 3. The summed E-state index contributed by atoms with van der Waals surface area (Å²) in [6, 6.07) is 2.21. The lowest BCUT2D eigenvalue weighted by molar-refractivity contribution is -0.126. The number of hydrogen-bond donors (Lipinski definition) is 2. The zero-order valence-electron chi connectivity index (χ0n) is 17.7. The van der Waals surface area contributed by atoms with Crippen molar-refractivity contribution >= 4 is 34.1 Å². The average molecular weight is 420 g/mol. The van der Waals surface area contributed by atoms with Crippen LogP contribution in [0.5, 0.6) is 0 Å². The fourth-order valence-corrected chi connectivity index (χ4v) is 4.22. The molecule has 0 saturated heterocycles. The van der Waals surface area contributed by atoms with Crippen LogP contribution in [-0.2, 0) is 14.3 Å². The second kappa shape index (κ2) is 8.95. The molecule has 1 aliphatic rings. The molecule has 0 radical (unpaired) electrons. The van der Waals surface area contributed by atoms with Crippen LogP contribution in [0.3, 0.4) is 0 Å². The summed E-state index contributed by atoms with van der Waals surface area (Å²) >= 11 is 1.30. The zero-order valence-corrected chi connectivity index (χ0v) is 18.5. The maximum atomic E-state index is 12.7. The van der Waals surface area contributed by atoms with E-state index in [2.05, 4.69) is 16.7 Å². The number of hydrogen-bond acceptors (Lipinski definition) is 6. The third kappa shape index (κ3) is 5.57. The van der Waals surface area contributed by atoms with Crippen molar-refractivity contribution in [3.05, 3.63) is 16.0 Å². The molecule has 1 saturated carbocycles. The molecule has 2 rings (SSSR count). The number of aryl methyl sites for hydroxylation is 1. The number of carbonyl (C=O) groups excluding carboxylic acids is 3. The van der Waals surface area contributed by atoms with Crippen molar-refractivity contribution in [3.63, 3.8) is 0 Å². The lowest BCUT2D eigenvalue weighted by Crippen LogP contribution is -2.50. The summed E-state index contributed by atoms with van der Waals surface area (Å²) in [6.07, 6.45) is 4.04. The van der Waals surface area contributed by atoms with Crippen molar-refractivity contribution < 1.29 is 19.1 Å². The Labute approximate surface area is 175 Å². The van der Waals surface area contributed by atoms with Crippen molar-refractivity contribution in [2.24, 2.45) is 5.41 Å². The molecule has 158 valence electrons. The van der Waals surface area contributed by atoms with E-state index in [1.807, 2.05) is 6.92 Å². The molecule has 0 bridgehead atoms.